The number of aryl methyl sites for hydroxylation is 1. The monoisotopic (exact) mass is 314 g/mol. The zero-order valence-corrected chi connectivity index (χ0v) is 13.7. The van der Waals surface area contributed by atoms with Gasteiger partial charge in [-0.05, 0) is 25.5 Å². The second-order valence-electron chi connectivity index (χ2n) is 5.45. The smallest absolute Gasteiger partial charge is 0.337 e. The van der Waals surface area contributed by atoms with E-state index in [1.807, 2.05) is 18.9 Å². The Bertz CT molecular complexity index is 688. The van der Waals surface area contributed by atoms with Crippen LogP contribution in [0, 0.1) is 6.92 Å². The van der Waals surface area contributed by atoms with Crippen molar-refractivity contribution in [2.45, 2.75) is 26.7 Å². The summed E-state index contributed by atoms with van der Waals surface area (Å²) in [6.45, 7) is 4.92. The quantitative estimate of drug-likeness (QED) is 0.815. The third kappa shape index (κ3) is 4.42. The minimum Gasteiger partial charge on any atom is -0.478 e. The molecular weight excluding hydrogens is 292 g/mol. The molecule has 122 valence electrons. The average molecular weight is 314 g/mol. The van der Waals surface area contributed by atoms with E-state index in [0.717, 1.165) is 25.1 Å². The molecule has 0 bridgehead atoms. The van der Waals surface area contributed by atoms with E-state index >= 15 is 0 Å². The summed E-state index contributed by atoms with van der Waals surface area (Å²) in [5, 5.41) is 12.3. The van der Waals surface area contributed by atoms with Gasteiger partial charge in [0, 0.05) is 25.4 Å². The van der Waals surface area contributed by atoms with Gasteiger partial charge in [0.25, 0.3) is 0 Å². The number of para-hydroxylation sites is 1. The lowest BCUT2D eigenvalue weighted by atomic mass is 10.2. The maximum absolute atomic E-state index is 11.3. The summed E-state index contributed by atoms with van der Waals surface area (Å²) in [5.41, 5.74) is 1.55. The van der Waals surface area contributed by atoms with Crippen molar-refractivity contribution in [3.05, 3.63) is 41.6 Å². The fraction of sp³-hybridized carbons (Fsp3) is 0.353. The van der Waals surface area contributed by atoms with Crippen LogP contribution in [-0.2, 0) is 0 Å². The molecule has 0 saturated heterocycles. The van der Waals surface area contributed by atoms with Crippen LogP contribution in [0.4, 0.5) is 17.5 Å². The molecule has 0 fully saturated rings. The molecular formula is C17H22N4O2. The number of benzene rings is 1. The minimum atomic E-state index is -0.973. The van der Waals surface area contributed by atoms with Gasteiger partial charge in [-0.25, -0.2) is 9.78 Å². The first-order chi connectivity index (χ1) is 11.0. The number of carboxylic acid groups (broad SMARTS) is 1. The first kappa shape index (κ1) is 16.7. The van der Waals surface area contributed by atoms with E-state index in [9.17, 15) is 9.90 Å². The van der Waals surface area contributed by atoms with Crippen molar-refractivity contribution in [1.29, 1.82) is 0 Å². The summed E-state index contributed by atoms with van der Waals surface area (Å²) in [7, 11) is 1.96. The molecule has 0 spiro atoms. The van der Waals surface area contributed by atoms with Crippen molar-refractivity contribution in [2.75, 3.05) is 23.8 Å². The van der Waals surface area contributed by atoms with Crippen LogP contribution in [0.1, 0.15) is 35.8 Å². The van der Waals surface area contributed by atoms with Gasteiger partial charge in [0.05, 0.1) is 11.3 Å². The number of nitrogens with one attached hydrogen (secondary N) is 1. The maximum Gasteiger partial charge on any atom is 0.337 e. The van der Waals surface area contributed by atoms with E-state index in [4.69, 9.17) is 0 Å². The SMILES string of the molecule is CCCCN(C)c1nc(C)cc(Nc2ccccc2C(=O)O)n1. The van der Waals surface area contributed by atoms with Gasteiger partial charge >= 0.3 is 5.97 Å². The first-order valence-electron chi connectivity index (χ1n) is 7.67. The predicted molar refractivity (Wildman–Crippen MR) is 91.6 cm³/mol. The van der Waals surface area contributed by atoms with Gasteiger partial charge in [-0.3, -0.25) is 0 Å². The number of aromatic nitrogens is 2. The summed E-state index contributed by atoms with van der Waals surface area (Å²) in [6, 6.07) is 8.57. The van der Waals surface area contributed by atoms with Gasteiger partial charge in [-0.1, -0.05) is 25.5 Å². The fourth-order valence-electron chi connectivity index (χ4n) is 2.20. The summed E-state index contributed by atoms with van der Waals surface area (Å²) in [4.78, 5) is 22.2. The minimum absolute atomic E-state index is 0.213. The molecule has 1 heterocycles. The first-order valence-corrected chi connectivity index (χ1v) is 7.67. The lowest BCUT2D eigenvalue weighted by molar-refractivity contribution is 0.0698. The van der Waals surface area contributed by atoms with E-state index in [1.165, 1.54) is 0 Å². The van der Waals surface area contributed by atoms with Crippen LogP contribution in [0.5, 0.6) is 0 Å². The number of hydrogen-bond donors (Lipinski definition) is 2. The number of carbonyl (C=O) groups is 1. The summed E-state index contributed by atoms with van der Waals surface area (Å²) in [6.07, 6.45) is 2.17. The van der Waals surface area contributed by atoms with Crippen LogP contribution in [0.3, 0.4) is 0 Å². The highest BCUT2D eigenvalue weighted by atomic mass is 16.4. The topological polar surface area (TPSA) is 78.4 Å². The molecule has 23 heavy (non-hydrogen) atoms. The molecule has 0 aliphatic rings. The molecule has 0 amide bonds. The Labute approximate surface area is 136 Å². The van der Waals surface area contributed by atoms with E-state index in [2.05, 4.69) is 22.2 Å². The van der Waals surface area contributed by atoms with Crippen molar-refractivity contribution in [3.8, 4) is 0 Å². The predicted octanol–water partition coefficient (Wildman–Crippen LogP) is 3.46. The van der Waals surface area contributed by atoms with Gasteiger partial charge in [0.1, 0.15) is 5.82 Å². The van der Waals surface area contributed by atoms with Crippen LogP contribution in [0.15, 0.2) is 30.3 Å². The molecule has 0 aliphatic carbocycles. The average Bonchev–Trinajstić information content (AvgIpc) is 2.52. The number of carboxylic acids is 1. The van der Waals surface area contributed by atoms with Crippen LogP contribution < -0.4 is 10.2 Å². The number of anilines is 3. The van der Waals surface area contributed by atoms with Crippen LogP contribution >= 0.6 is 0 Å². The Morgan fingerprint density at radius 3 is 2.74 bits per heavy atom. The molecule has 6 heteroatoms. The third-order valence-corrected chi connectivity index (χ3v) is 3.45. The molecule has 1 aromatic carbocycles. The Morgan fingerprint density at radius 1 is 1.30 bits per heavy atom. The Kier molecular flexibility index (Phi) is 5.51. The van der Waals surface area contributed by atoms with E-state index < -0.39 is 5.97 Å². The zero-order valence-electron chi connectivity index (χ0n) is 13.7. The second kappa shape index (κ2) is 7.58. The molecule has 0 unspecified atom stereocenters. The number of aromatic carboxylic acids is 1. The second-order valence-corrected chi connectivity index (χ2v) is 5.45. The Morgan fingerprint density at radius 2 is 2.04 bits per heavy atom. The number of hydrogen-bond acceptors (Lipinski definition) is 5. The highest BCUT2D eigenvalue weighted by Gasteiger charge is 2.11. The van der Waals surface area contributed by atoms with Crippen molar-refractivity contribution < 1.29 is 9.90 Å². The largest absolute Gasteiger partial charge is 0.478 e. The standard InChI is InChI=1S/C17H22N4O2/c1-4-5-10-21(3)17-18-12(2)11-15(20-17)19-14-9-7-6-8-13(14)16(22)23/h6-9,11H,4-5,10H2,1-3H3,(H,22,23)(H,18,19,20). The Balaban J connectivity index is 2.27. The molecule has 0 aliphatic heterocycles. The molecule has 2 rings (SSSR count). The normalized spacial score (nSPS) is 10.4. The lowest BCUT2D eigenvalue weighted by Gasteiger charge is -2.18. The van der Waals surface area contributed by atoms with Crippen molar-refractivity contribution in [2.24, 2.45) is 0 Å². The van der Waals surface area contributed by atoms with Crippen molar-refractivity contribution in [1.82, 2.24) is 9.97 Å². The van der Waals surface area contributed by atoms with Crippen LogP contribution in [0.25, 0.3) is 0 Å². The van der Waals surface area contributed by atoms with Gasteiger partial charge < -0.3 is 15.3 Å². The summed E-state index contributed by atoms with van der Waals surface area (Å²) in [5.74, 6) is 0.248. The van der Waals surface area contributed by atoms with Gasteiger partial charge in [-0.15, -0.1) is 0 Å². The van der Waals surface area contributed by atoms with E-state index in [1.54, 1.807) is 30.3 Å². The van der Waals surface area contributed by atoms with Gasteiger partial charge in [-0.2, -0.15) is 4.98 Å². The highest BCUT2D eigenvalue weighted by Crippen LogP contribution is 2.21. The third-order valence-electron chi connectivity index (χ3n) is 3.45. The molecule has 2 N–H and O–H groups in total. The van der Waals surface area contributed by atoms with Crippen LogP contribution in [0.2, 0.25) is 0 Å². The van der Waals surface area contributed by atoms with Gasteiger partial charge in [0.2, 0.25) is 5.95 Å². The number of nitrogens with zero attached hydrogens (tertiary/aromatic N) is 3. The Hall–Kier alpha value is -2.63. The van der Waals surface area contributed by atoms with Crippen molar-refractivity contribution in [3.63, 3.8) is 0 Å². The number of rotatable bonds is 7. The summed E-state index contributed by atoms with van der Waals surface area (Å²) < 4.78 is 0. The fourth-order valence-corrected chi connectivity index (χ4v) is 2.20. The van der Waals surface area contributed by atoms with E-state index in [0.29, 0.717) is 17.5 Å². The maximum atomic E-state index is 11.3. The number of unbranched alkanes of at least 4 members (excludes halogenated alkanes) is 1. The molecule has 0 radical (unpaired) electrons. The van der Waals surface area contributed by atoms with Crippen molar-refractivity contribution >= 4 is 23.4 Å². The molecule has 1 aromatic heterocycles. The lowest BCUT2D eigenvalue weighted by Crippen LogP contribution is -2.21. The molecule has 6 nitrogen and oxygen atoms in total. The van der Waals surface area contributed by atoms with Crippen LogP contribution in [-0.4, -0.2) is 34.6 Å². The summed E-state index contributed by atoms with van der Waals surface area (Å²) >= 11 is 0. The van der Waals surface area contributed by atoms with Gasteiger partial charge in [0.15, 0.2) is 0 Å². The molecule has 0 atom stereocenters. The molecule has 2 aromatic rings. The van der Waals surface area contributed by atoms with E-state index in [-0.39, 0.29) is 5.56 Å². The zero-order chi connectivity index (χ0) is 16.8. The molecule has 0 saturated carbocycles. The highest BCUT2D eigenvalue weighted by molar-refractivity contribution is 5.95.